The number of hydrogen-bond donors (Lipinski definition) is 0. The zero-order chi connectivity index (χ0) is 8.53. The zero-order valence-electron chi connectivity index (χ0n) is 7.80. The van der Waals surface area contributed by atoms with Crippen molar-refractivity contribution in [2.45, 2.75) is 33.6 Å². The highest BCUT2D eigenvalue weighted by Crippen LogP contribution is 2.00. The smallest absolute Gasteiger partial charge is 0.0281 e. The lowest BCUT2D eigenvalue weighted by Gasteiger charge is -1.93. The van der Waals surface area contributed by atoms with Crippen LogP contribution < -0.4 is 0 Å². The molecule has 0 N–H and O–H groups in total. The van der Waals surface area contributed by atoms with E-state index in [9.17, 15) is 0 Å². The van der Waals surface area contributed by atoms with Gasteiger partial charge >= 0.3 is 0 Å². The molecule has 0 fully saturated rings. The lowest BCUT2D eigenvalue weighted by molar-refractivity contribution is 0.922. The molecule has 0 saturated carbocycles. The quantitative estimate of drug-likeness (QED) is 0.603. The topological polar surface area (TPSA) is 0 Å². The number of benzene rings is 1. The Balaban J connectivity index is 0.000000461. The van der Waals surface area contributed by atoms with Gasteiger partial charge in [0.25, 0.3) is 0 Å². The average molecular weight is 150 g/mol. The predicted molar refractivity (Wildman–Crippen MR) is 51.8 cm³/mol. The molecule has 0 aromatic heterocycles. The Kier molecular flexibility index (Phi) is 6.81. The minimum absolute atomic E-state index is 1.21. The van der Waals surface area contributed by atoms with Crippen LogP contribution in [0.4, 0.5) is 0 Å². The van der Waals surface area contributed by atoms with Crippen molar-refractivity contribution in [2.24, 2.45) is 0 Å². The van der Waals surface area contributed by atoms with Crippen molar-refractivity contribution in [3.05, 3.63) is 35.9 Å². The Hall–Kier alpha value is -0.780. The standard InChI is InChI=1S/C9H12.C2H6/c1-2-6-9-7-4-3-5-8-9;1-2/h3-5,7-8H,2,6H2,1H3;1-2H3. The lowest BCUT2D eigenvalue weighted by Crippen LogP contribution is -1.78. The van der Waals surface area contributed by atoms with Crippen molar-refractivity contribution in [3.8, 4) is 0 Å². The summed E-state index contributed by atoms with van der Waals surface area (Å²) in [5, 5.41) is 0. The van der Waals surface area contributed by atoms with Crippen molar-refractivity contribution >= 4 is 0 Å². The van der Waals surface area contributed by atoms with Gasteiger partial charge in [0.05, 0.1) is 0 Å². The van der Waals surface area contributed by atoms with Gasteiger partial charge in [-0.05, 0) is 12.0 Å². The summed E-state index contributed by atoms with van der Waals surface area (Å²) in [6.45, 7) is 6.20. The van der Waals surface area contributed by atoms with Crippen molar-refractivity contribution < 1.29 is 0 Å². The van der Waals surface area contributed by atoms with E-state index in [1.807, 2.05) is 13.8 Å². The molecule has 0 bridgehead atoms. The minimum Gasteiger partial charge on any atom is -0.0683 e. The molecule has 62 valence electrons. The van der Waals surface area contributed by atoms with Crippen molar-refractivity contribution in [3.63, 3.8) is 0 Å². The Labute approximate surface area is 70.3 Å². The van der Waals surface area contributed by atoms with Crippen LogP contribution in [0.1, 0.15) is 32.8 Å². The average Bonchev–Trinajstić information content (AvgIpc) is 2.11. The van der Waals surface area contributed by atoms with E-state index in [1.54, 1.807) is 0 Å². The molecule has 0 unspecified atom stereocenters. The van der Waals surface area contributed by atoms with Gasteiger partial charge in [0.15, 0.2) is 0 Å². The number of rotatable bonds is 2. The molecule has 0 nitrogen and oxygen atoms in total. The fraction of sp³-hybridized carbons (Fsp3) is 0.455. The molecule has 0 saturated heterocycles. The molecule has 0 heteroatoms. The van der Waals surface area contributed by atoms with Gasteiger partial charge < -0.3 is 0 Å². The van der Waals surface area contributed by atoms with Gasteiger partial charge in [-0.25, -0.2) is 0 Å². The van der Waals surface area contributed by atoms with Gasteiger partial charge in [0.1, 0.15) is 0 Å². The Morgan fingerprint density at radius 3 is 2.00 bits per heavy atom. The van der Waals surface area contributed by atoms with E-state index in [1.165, 1.54) is 18.4 Å². The molecule has 0 aliphatic carbocycles. The molecule has 1 aromatic carbocycles. The van der Waals surface area contributed by atoms with E-state index in [-0.39, 0.29) is 0 Å². The second-order valence-electron chi connectivity index (χ2n) is 2.24. The molecule has 0 aliphatic rings. The van der Waals surface area contributed by atoms with Crippen LogP contribution in [-0.2, 0) is 6.42 Å². The monoisotopic (exact) mass is 150 g/mol. The van der Waals surface area contributed by atoms with E-state index >= 15 is 0 Å². The van der Waals surface area contributed by atoms with Crippen molar-refractivity contribution in [1.29, 1.82) is 0 Å². The second-order valence-corrected chi connectivity index (χ2v) is 2.24. The van der Waals surface area contributed by atoms with Crippen LogP contribution in [0.5, 0.6) is 0 Å². The summed E-state index contributed by atoms with van der Waals surface area (Å²) < 4.78 is 0. The summed E-state index contributed by atoms with van der Waals surface area (Å²) in [6, 6.07) is 10.6. The predicted octanol–water partition coefficient (Wildman–Crippen LogP) is 3.67. The molecule has 0 spiro atoms. The lowest BCUT2D eigenvalue weighted by atomic mass is 10.1. The van der Waals surface area contributed by atoms with Crippen LogP contribution in [0.2, 0.25) is 0 Å². The van der Waals surface area contributed by atoms with Gasteiger partial charge in [-0.1, -0.05) is 57.5 Å². The zero-order valence-corrected chi connectivity index (χ0v) is 7.80. The highest BCUT2D eigenvalue weighted by atomic mass is 13.9. The van der Waals surface area contributed by atoms with E-state index < -0.39 is 0 Å². The largest absolute Gasteiger partial charge is 0.0683 e. The highest BCUT2D eigenvalue weighted by Gasteiger charge is 1.84. The molecule has 0 radical (unpaired) electrons. The fourth-order valence-electron chi connectivity index (χ4n) is 0.933. The summed E-state index contributed by atoms with van der Waals surface area (Å²) in [5.74, 6) is 0. The summed E-state index contributed by atoms with van der Waals surface area (Å²) in [7, 11) is 0. The second kappa shape index (κ2) is 7.33. The van der Waals surface area contributed by atoms with Crippen LogP contribution >= 0.6 is 0 Å². The fourth-order valence-corrected chi connectivity index (χ4v) is 0.933. The Bertz CT molecular complexity index is 153. The van der Waals surface area contributed by atoms with Crippen LogP contribution in [0.15, 0.2) is 30.3 Å². The van der Waals surface area contributed by atoms with E-state index in [2.05, 4.69) is 37.3 Å². The third kappa shape index (κ3) is 4.60. The van der Waals surface area contributed by atoms with Crippen LogP contribution in [0, 0.1) is 0 Å². The van der Waals surface area contributed by atoms with Crippen molar-refractivity contribution in [2.75, 3.05) is 0 Å². The molecule has 0 heterocycles. The van der Waals surface area contributed by atoms with Gasteiger partial charge in [0.2, 0.25) is 0 Å². The molecular weight excluding hydrogens is 132 g/mol. The summed E-state index contributed by atoms with van der Waals surface area (Å²) in [4.78, 5) is 0. The first-order valence-corrected chi connectivity index (χ1v) is 4.47. The normalized spacial score (nSPS) is 8.27. The number of aryl methyl sites for hydroxylation is 1. The minimum atomic E-state index is 1.21. The van der Waals surface area contributed by atoms with Crippen LogP contribution in [0.25, 0.3) is 0 Å². The van der Waals surface area contributed by atoms with E-state index in [4.69, 9.17) is 0 Å². The van der Waals surface area contributed by atoms with E-state index in [0.717, 1.165) is 0 Å². The van der Waals surface area contributed by atoms with Gasteiger partial charge in [-0.15, -0.1) is 0 Å². The SMILES string of the molecule is CC.CCCc1ccccc1. The summed E-state index contributed by atoms with van der Waals surface area (Å²) in [6.07, 6.45) is 2.45. The van der Waals surface area contributed by atoms with E-state index in [0.29, 0.717) is 0 Å². The maximum absolute atomic E-state index is 2.20. The summed E-state index contributed by atoms with van der Waals surface area (Å²) in [5.41, 5.74) is 1.44. The van der Waals surface area contributed by atoms with Gasteiger partial charge in [0, 0.05) is 0 Å². The molecular formula is C11H18. The Morgan fingerprint density at radius 1 is 1.00 bits per heavy atom. The van der Waals surface area contributed by atoms with Crippen LogP contribution in [-0.4, -0.2) is 0 Å². The first-order valence-electron chi connectivity index (χ1n) is 4.47. The third-order valence-corrected chi connectivity index (χ3v) is 1.38. The maximum Gasteiger partial charge on any atom is -0.0281 e. The highest BCUT2D eigenvalue weighted by molar-refractivity contribution is 5.14. The Morgan fingerprint density at radius 2 is 1.55 bits per heavy atom. The first kappa shape index (κ1) is 10.2. The first-order chi connectivity index (χ1) is 5.43. The molecule has 1 rings (SSSR count). The van der Waals surface area contributed by atoms with Crippen LogP contribution in [0.3, 0.4) is 0 Å². The molecule has 0 amide bonds. The maximum atomic E-state index is 2.20. The summed E-state index contributed by atoms with van der Waals surface area (Å²) >= 11 is 0. The van der Waals surface area contributed by atoms with Gasteiger partial charge in [-0.3, -0.25) is 0 Å². The molecule has 11 heavy (non-hydrogen) atoms. The third-order valence-electron chi connectivity index (χ3n) is 1.38. The molecule has 0 aliphatic heterocycles. The van der Waals surface area contributed by atoms with Crippen molar-refractivity contribution in [1.82, 2.24) is 0 Å². The molecule has 1 aromatic rings. The number of hydrogen-bond acceptors (Lipinski definition) is 0. The van der Waals surface area contributed by atoms with Gasteiger partial charge in [-0.2, -0.15) is 0 Å². The molecule has 0 atom stereocenters.